The molecule has 1 atom stereocenters. The maximum Gasteiger partial charge on any atom is 0.242 e. The summed E-state index contributed by atoms with van der Waals surface area (Å²) in [5.74, 6) is 0.606. The average molecular weight is 280 g/mol. The number of hydrogen-bond acceptors (Lipinski definition) is 6. The minimum atomic E-state index is -0.364. The molecule has 0 aliphatic carbocycles. The molecule has 0 saturated carbocycles. The highest BCUT2D eigenvalue weighted by Crippen LogP contribution is 2.25. The second-order valence-corrected chi connectivity index (χ2v) is 4.92. The molecule has 1 amide bonds. The maximum absolute atomic E-state index is 11.8. The Morgan fingerprint density at radius 1 is 1.53 bits per heavy atom. The first-order valence-electron chi connectivity index (χ1n) is 5.93. The van der Waals surface area contributed by atoms with Crippen LogP contribution in [0, 0.1) is 0 Å². The lowest BCUT2D eigenvalue weighted by Gasteiger charge is -2.14. The molecule has 0 aromatic carbocycles. The molecule has 0 saturated heterocycles. The fourth-order valence-corrected chi connectivity index (χ4v) is 2.39. The van der Waals surface area contributed by atoms with Crippen molar-refractivity contribution in [2.24, 2.45) is 0 Å². The molecular weight excluding hydrogens is 264 g/mol. The first-order chi connectivity index (χ1) is 9.22. The highest BCUT2D eigenvalue weighted by molar-refractivity contribution is 7.17. The van der Waals surface area contributed by atoms with Crippen LogP contribution < -0.4 is 10.6 Å². The van der Waals surface area contributed by atoms with Crippen molar-refractivity contribution >= 4 is 33.3 Å². The first-order valence-corrected chi connectivity index (χ1v) is 6.81. The maximum atomic E-state index is 11.8. The van der Waals surface area contributed by atoms with E-state index < -0.39 is 0 Å². The van der Waals surface area contributed by atoms with Gasteiger partial charge in [0.05, 0.1) is 16.8 Å². The molecule has 2 aromatic rings. The molecule has 0 spiro atoms. The van der Waals surface area contributed by atoms with E-state index in [4.69, 9.17) is 4.74 Å². The van der Waals surface area contributed by atoms with Gasteiger partial charge >= 0.3 is 0 Å². The number of fused-ring (bicyclic) bond motifs is 1. The van der Waals surface area contributed by atoms with E-state index in [9.17, 15) is 4.79 Å². The normalized spacial score (nSPS) is 12.3. The zero-order valence-electron chi connectivity index (χ0n) is 10.8. The third-order valence-corrected chi connectivity index (χ3v) is 3.51. The zero-order chi connectivity index (χ0) is 13.7. The number of nitrogens with one attached hydrogen (secondary N) is 2. The van der Waals surface area contributed by atoms with E-state index in [0.717, 1.165) is 10.2 Å². The topological polar surface area (TPSA) is 76.1 Å². The predicted octanol–water partition coefficient (Wildman–Crippen LogP) is 1.25. The van der Waals surface area contributed by atoms with Crippen molar-refractivity contribution in [3.05, 3.63) is 17.8 Å². The molecule has 0 aliphatic rings. The molecule has 0 bridgehead atoms. The molecule has 7 heteroatoms. The monoisotopic (exact) mass is 280 g/mol. The summed E-state index contributed by atoms with van der Waals surface area (Å²) in [7, 11) is 1.60. The number of carbonyl (C=O) groups excluding carboxylic acids is 1. The highest BCUT2D eigenvalue weighted by atomic mass is 32.1. The van der Waals surface area contributed by atoms with E-state index in [0.29, 0.717) is 19.0 Å². The molecule has 6 nitrogen and oxygen atoms in total. The van der Waals surface area contributed by atoms with Crippen molar-refractivity contribution in [2.45, 2.75) is 13.0 Å². The molecule has 2 aromatic heterocycles. The van der Waals surface area contributed by atoms with Gasteiger partial charge in [0.2, 0.25) is 5.91 Å². The lowest BCUT2D eigenvalue weighted by molar-refractivity contribution is -0.121. The Kier molecular flexibility index (Phi) is 4.64. The van der Waals surface area contributed by atoms with E-state index >= 15 is 0 Å². The van der Waals surface area contributed by atoms with Gasteiger partial charge in [0.25, 0.3) is 0 Å². The van der Waals surface area contributed by atoms with E-state index in [-0.39, 0.29) is 11.9 Å². The van der Waals surface area contributed by atoms with Crippen LogP contribution in [-0.2, 0) is 9.53 Å². The molecule has 2 heterocycles. The number of methoxy groups -OCH3 is 1. The minimum absolute atomic E-state index is 0.0830. The molecule has 2 rings (SSSR count). The van der Waals surface area contributed by atoms with Crippen molar-refractivity contribution in [1.82, 2.24) is 15.3 Å². The van der Waals surface area contributed by atoms with Gasteiger partial charge in [-0.3, -0.25) is 4.79 Å². The van der Waals surface area contributed by atoms with Gasteiger partial charge in [-0.15, -0.1) is 11.3 Å². The van der Waals surface area contributed by atoms with Crippen LogP contribution in [0.5, 0.6) is 0 Å². The van der Waals surface area contributed by atoms with Gasteiger partial charge < -0.3 is 15.4 Å². The Bertz CT molecular complexity index is 557. The number of thiophene rings is 1. The van der Waals surface area contributed by atoms with Crippen LogP contribution in [-0.4, -0.2) is 42.2 Å². The summed E-state index contributed by atoms with van der Waals surface area (Å²) < 4.78 is 5.84. The molecule has 1 unspecified atom stereocenters. The van der Waals surface area contributed by atoms with Crippen molar-refractivity contribution in [3.63, 3.8) is 0 Å². The molecule has 0 radical (unpaired) electrons. The van der Waals surface area contributed by atoms with E-state index in [2.05, 4.69) is 20.6 Å². The van der Waals surface area contributed by atoms with Gasteiger partial charge in [-0.05, 0) is 18.4 Å². The van der Waals surface area contributed by atoms with Crippen LogP contribution in [0.25, 0.3) is 10.2 Å². The summed E-state index contributed by atoms with van der Waals surface area (Å²) in [6.07, 6.45) is 1.49. The third kappa shape index (κ3) is 3.39. The molecule has 2 N–H and O–H groups in total. The van der Waals surface area contributed by atoms with Crippen molar-refractivity contribution in [3.8, 4) is 0 Å². The smallest absolute Gasteiger partial charge is 0.242 e. The van der Waals surface area contributed by atoms with E-state index in [1.807, 2.05) is 11.4 Å². The molecule has 0 aliphatic heterocycles. The lowest BCUT2D eigenvalue weighted by Crippen LogP contribution is -2.39. The van der Waals surface area contributed by atoms with Gasteiger partial charge in [-0.2, -0.15) is 0 Å². The van der Waals surface area contributed by atoms with Crippen LogP contribution in [0.2, 0.25) is 0 Å². The van der Waals surface area contributed by atoms with Crippen LogP contribution in [0.4, 0.5) is 5.82 Å². The molecule has 19 heavy (non-hydrogen) atoms. The number of rotatable bonds is 6. The van der Waals surface area contributed by atoms with Crippen LogP contribution in [0.15, 0.2) is 17.8 Å². The lowest BCUT2D eigenvalue weighted by atomic mass is 10.3. The number of nitrogens with zero attached hydrogens (tertiary/aromatic N) is 2. The summed E-state index contributed by atoms with van der Waals surface area (Å²) in [5, 5.41) is 7.84. The van der Waals surface area contributed by atoms with E-state index in [1.54, 1.807) is 25.4 Å². The predicted molar refractivity (Wildman–Crippen MR) is 75.4 cm³/mol. The third-order valence-electron chi connectivity index (χ3n) is 2.60. The Morgan fingerprint density at radius 2 is 2.37 bits per heavy atom. The number of carbonyl (C=O) groups is 1. The van der Waals surface area contributed by atoms with Crippen molar-refractivity contribution in [1.29, 1.82) is 0 Å². The quantitative estimate of drug-likeness (QED) is 0.779. The standard InChI is InChI=1S/C12H16N4O2S/c1-8(12(17)13-4-5-18-2)16-11-10-9(3-6-19-10)14-7-15-11/h3,6-8H,4-5H2,1-2H3,(H,13,17)(H,14,15,16). The second-order valence-electron chi connectivity index (χ2n) is 4.01. The number of ether oxygens (including phenoxy) is 1. The van der Waals surface area contributed by atoms with Crippen molar-refractivity contribution < 1.29 is 9.53 Å². The fraction of sp³-hybridized carbons (Fsp3) is 0.417. The Morgan fingerprint density at radius 3 is 3.16 bits per heavy atom. The minimum Gasteiger partial charge on any atom is -0.383 e. The summed E-state index contributed by atoms with van der Waals surface area (Å²) in [5.41, 5.74) is 0.884. The van der Waals surface area contributed by atoms with Gasteiger partial charge in [-0.25, -0.2) is 9.97 Å². The van der Waals surface area contributed by atoms with Crippen LogP contribution in [0.1, 0.15) is 6.92 Å². The van der Waals surface area contributed by atoms with Crippen LogP contribution >= 0.6 is 11.3 Å². The SMILES string of the molecule is COCCNC(=O)C(C)Nc1ncnc2ccsc12. The molecule has 102 valence electrons. The van der Waals surface area contributed by atoms with Gasteiger partial charge in [0.1, 0.15) is 18.2 Å². The van der Waals surface area contributed by atoms with Crippen LogP contribution in [0.3, 0.4) is 0 Å². The Labute approximate surface area is 115 Å². The average Bonchev–Trinajstić information content (AvgIpc) is 2.88. The Hall–Kier alpha value is -1.73. The number of aromatic nitrogens is 2. The summed E-state index contributed by atoms with van der Waals surface area (Å²) >= 11 is 1.55. The molecular formula is C12H16N4O2S. The second kappa shape index (κ2) is 6.44. The summed E-state index contributed by atoms with van der Waals surface area (Å²) in [6, 6.07) is 1.56. The summed E-state index contributed by atoms with van der Waals surface area (Å²) in [6.45, 7) is 2.80. The Balaban J connectivity index is 2.00. The van der Waals surface area contributed by atoms with Gasteiger partial charge in [0, 0.05) is 13.7 Å². The zero-order valence-corrected chi connectivity index (χ0v) is 11.7. The highest BCUT2D eigenvalue weighted by Gasteiger charge is 2.14. The number of hydrogen-bond donors (Lipinski definition) is 2. The van der Waals surface area contributed by atoms with Crippen molar-refractivity contribution in [2.75, 3.05) is 25.6 Å². The number of amides is 1. The fourth-order valence-electron chi connectivity index (χ4n) is 1.59. The van der Waals surface area contributed by atoms with Gasteiger partial charge in [-0.1, -0.05) is 0 Å². The van der Waals surface area contributed by atoms with Gasteiger partial charge in [0.15, 0.2) is 0 Å². The largest absolute Gasteiger partial charge is 0.383 e. The number of anilines is 1. The molecule has 0 fully saturated rings. The summed E-state index contributed by atoms with van der Waals surface area (Å²) in [4.78, 5) is 20.2. The first kappa shape index (κ1) is 13.7. The van der Waals surface area contributed by atoms with E-state index in [1.165, 1.54) is 6.33 Å².